The molecule has 1 amide bonds. The van der Waals surface area contributed by atoms with Gasteiger partial charge in [-0.05, 0) is 25.5 Å². The quantitative estimate of drug-likeness (QED) is 0.884. The van der Waals surface area contributed by atoms with Gasteiger partial charge in [-0.1, -0.05) is 30.7 Å². The van der Waals surface area contributed by atoms with Crippen molar-refractivity contribution >= 4 is 23.2 Å². The SMILES string of the molecule is CCc1c(NC(=O)[C@@H]2O[C@H]2C)cnn1-c1ccccc1Cl. The first kappa shape index (κ1) is 14.1. The molecule has 1 aromatic heterocycles. The first-order valence-electron chi connectivity index (χ1n) is 6.90. The van der Waals surface area contributed by atoms with Gasteiger partial charge in [0.15, 0.2) is 6.10 Å². The molecule has 0 bridgehead atoms. The van der Waals surface area contributed by atoms with Crippen molar-refractivity contribution in [2.45, 2.75) is 32.5 Å². The normalized spacial score (nSPS) is 20.3. The zero-order valence-electron chi connectivity index (χ0n) is 11.8. The van der Waals surface area contributed by atoms with Gasteiger partial charge < -0.3 is 10.1 Å². The molecule has 1 aliphatic rings. The largest absolute Gasteiger partial charge is 0.359 e. The lowest BCUT2D eigenvalue weighted by molar-refractivity contribution is -0.117. The highest BCUT2D eigenvalue weighted by Gasteiger charge is 2.41. The number of nitrogens with one attached hydrogen (secondary N) is 1. The fourth-order valence-corrected chi connectivity index (χ4v) is 2.53. The Morgan fingerprint density at radius 1 is 1.48 bits per heavy atom. The third-order valence-electron chi connectivity index (χ3n) is 3.51. The predicted octanol–water partition coefficient (Wildman–Crippen LogP) is 2.81. The van der Waals surface area contributed by atoms with Gasteiger partial charge in [0.1, 0.15) is 0 Å². The summed E-state index contributed by atoms with van der Waals surface area (Å²) in [5.41, 5.74) is 2.41. The van der Waals surface area contributed by atoms with Gasteiger partial charge in [-0.15, -0.1) is 0 Å². The van der Waals surface area contributed by atoms with E-state index in [1.165, 1.54) is 0 Å². The lowest BCUT2D eigenvalue weighted by Gasteiger charge is -2.09. The fraction of sp³-hybridized carbons (Fsp3) is 0.333. The van der Waals surface area contributed by atoms with E-state index in [2.05, 4.69) is 10.4 Å². The molecule has 0 unspecified atom stereocenters. The van der Waals surface area contributed by atoms with Crippen LogP contribution in [0.2, 0.25) is 5.02 Å². The van der Waals surface area contributed by atoms with Crippen LogP contribution in [0.25, 0.3) is 5.69 Å². The Bertz CT molecular complexity index is 683. The molecule has 2 heterocycles. The van der Waals surface area contributed by atoms with Gasteiger partial charge in [0, 0.05) is 0 Å². The summed E-state index contributed by atoms with van der Waals surface area (Å²) in [6.07, 6.45) is 2.02. The Morgan fingerprint density at radius 2 is 2.19 bits per heavy atom. The summed E-state index contributed by atoms with van der Waals surface area (Å²) in [5.74, 6) is -0.129. The van der Waals surface area contributed by atoms with Crippen molar-refractivity contribution in [3.63, 3.8) is 0 Å². The number of amides is 1. The highest BCUT2D eigenvalue weighted by molar-refractivity contribution is 6.32. The minimum Gasteiger partial charge on any atom is -0.359 e. The first-order valence-corrected chi connectivity index (χ1v) is 7.27. The van der Waals surface area contributed by atoms with E-state index in [0.29, 0.717) is 10.7 Å². The summed E-state index contributed by atoms with van der Waals surface area (Å²) >= 11 is 6.21. The molecular weight excluding hydrogens is 290 g/mol. The van der Waals surface area contributed by atoms with Crippen molar-refractivity contribution in [3.05, 3.63) is 41.2 Å². The van der Waals surface area contributed by atoms with Gasteiger partial charge in [0.2, 0.25) is 0 Å². The molecule has 0 aliphatic carbocycles. The smallest absolute Gasteiger partial charge is 0.256 e. The fourth-order valence-electron chi connectivity index (χ4n) is 2.31. The van der Waals surface area contributed by atoms with E-state index < -0.39 is 0 Å². The number of epoxide rings is 1. The Hall–Kier alpha value is -1.85. The average molecular weight is 306 g/mol. The molecule has 6 heteroatoms. The highest BCUT2D eigenvalue weighted by atomic mass is 35.5. The van der Waals surface area contributed by atoms with Gasteiger partial charge in [-0.25, -0.2) is 4.68 Å². The Balaban J connectivity index is 1.90. The molecular formula is C15H16ClN3O2. The number of aromatic nitrogens is 2. The third kappa shape index (κ3) is 2.66. The van der Waals surface area contributed by atoms with Gasteiger partial charge in [0.05, 0.1) is 34.4 Å². The number of rotatable bonds is 4. The zero-order chi connectivity index (χ0) is 15.0. The van der Waals surface area contributed by atoms with E-state index in [0.717, 1.165) is 17.8 Å². The maximum atomic E-state index is 12.0. The number of hydrogen-bond donors (Lipinski definition) is 1. The molecule has 1 N–H and O–H groups in total. The van der Waals surface area contributed by atoms with E-state index in [-0.39, 0.29) is 18.1 Å². The van der Waals surface area contributed by atoms with Crippen LogP contribution < -0.4 is 5.32 Å². The standard InChI is InChI=1S/C15H16ClN3O2/c1-3-12-11(18-15(20)14-9(2)21-14)8-17-19(12)13-7-5-4-6-10(13)16/h4-9,14H,3H2,1-2H3,(H,18,20)/t9-,14+/m0/s1. The number of halogens is 1. The molecule has 1 saturated heterocycles. The maximum absolute atomic E-state index is 12.0. The van der Waals surface area contributed by atoms with Gasteiger partial charge in [-0.3, -0.25) is 4.79 Å². The number of carbonyl (C=O) groups is 1. The molecule has 3 rings (SSSR count). The molecule has 5 nitrogen and oxygen atoms in total. The molecule has 110 valence electrons. The second kappa shape index (κ2) is 5.50. The van der Waals surface area contributed by atoms with Crippen molar-refractivity contribution in [1.82, 2.24) is 9.78 Å². The molecule has 1 fully saturated rings. The monoisotopic (exact) mass is 305 g/mol. The molecule has 2 atom stereocenters. The van der Waals surface area contributed by atoms with Gasteiger partial charge >= 0.3 is 0 Å². The van der Waals surface area contributed by atoms with Crippen LogP contribution in [0.4, 0.5) is 5.69 Å². The second-order valence-electron chi connectivity index (χ2n) is 4.97. The number of anilines is 1. The van der Waals surface area contributed by atoms with E-state index >= 15 is 0 Å². The summed E-state index contributed by atoms with van der Waals surface area (Å²) in [5, 5.41) is 7.84. The Kier molecular flexibility index (Phi) is 3.69. The topological polar surface area (TPSA) is 59.5 Å². The van der Waals surface area contributed by atoms with Crippen molar-refractivity contribution in [2.24, 2.45) is 0 Å². The summed E-state index contributed by atoms with van der Waals surface area (Å²) in [7, 11) is 0. The van der Waals surface area contributed by atoms with Crippen molar-refractivity contribution < 1.29 is 9.53 Å². The summed E-state index contributed by atoms with van der Waals surface area (Å²) < 4.78 is 6.93. The molecule has 1 aromatic carbocycles. The third-order valence-corrected chi connectivity index (χ3v) is 3.83. The lowest BCUT2D eigenvalue weighted by Crippen LogP contribution is -2.20. The van der Waals surface area contributed by atoms with Crippen LogP contribution in [0.1, 0.15) is 19.5 Å². The van der Waals surface area contributed by atoms with Crippen molar-refractivity contribution in [1.29, 1.82) is 0 Å². The van der Waals surface area contributed by atoms with Gasteiger partial charge in [0.25, 0.3) is 5.91 Å². The average Bonchev–Trinajstić information content (AvgIpc) is 3.07. The zero-order valence-corrected chi connectivity index (χ0v) is 12.6. The summed E-state index contributed by atoms with van der Waals surface area (Å²) in [6.45, 7) is 3.88. The van der Waals surface area contributed by atoms with E-state index in [1.807, 2.05) is 38.1 Å². The maximum Gasteiger partial charge on any atom is 0.256 e. The number of ether oxygens (including phenoxy) is 1. The number of benzene rings is 1. The summed E-state index contributed by atoms with van der Waals surface area (Å²) in [6, 6.07) is 7.48. The molecule has 0 saturated carbocycles. The molecule has 0 spiro atoms. The number of para-hydroxylation sites is 1. The Labute approximate surface area is 127 Å². The number of carbonyl (C=O) groups excluding carboxylic acids is 1. The van der Waals surface area contributed by atoms with Crippen LogP contribution in [0.3, 0.4) is 0 Å². The van der Waals surface area contributed by atoms with Gasteiger partial charge in [-0.2, -0.15) is 5.10 Å². The van der Waals surface area contributed by atoms with Crippen LogP contribution >= 0.6 is 11.6 Å². The van der Waals surface area contributed by atoms with Crippen LogP contribution in [0, 0.1) is 0 Å². The minimum absolute atomic E-state index is 0.00584. The molecule has 2 aromatic rings. The lowest BCUT2D eigenvalue weighted by atomic mass is 10.2. The van der Waals surface area contributed by atoms with E-state index in [9.17, 15) is 4.79 Å². The molecule has 21 heavy (non-hydrogen) atoms. The molecule has 1 aliphatic heterocycles. The van der Waals surface area contributed by atoms with E-state index in [4.69, 9.17) is 16.3 Å². The van der Waals surface area contributed by atoms with Crippen LogP contribution in [0.15, 0.2) is 30.5 Å². The summed E-state index contributed by atoms with van der Waals surface area (Å²) in [4.78, 5) is 12.0. The predicted molar refractivity (Wildman–Crippen MR) is 80.9 cm³/mol. The number of hydrogen-bond acceptors (Lipinski definition) is 3. The minimum atomic E-state index is -0.349. The Morgan fingerprint density at radius 3 is 2.81 bits per heavy atom. The second-order valence-corrected chi connectivity index (χ2v) is 5.38. The van der Waals surface area contributed by atoms with Crippen LogP contribution in [0.5, 0.6) is 0 Å². The highest BCUT2D eigenvalue weighted by Crippen LogP contribution is 2.27. The van der Waals surface area contributed by atoms with Crippen molar-refractivity contribution in [3.8, 4) is 5.69 Å². The first-order chi connectivity index (χ1) is 10.1. The van der Waals surface area contributed by atoms with Crippen LogP contribution in [-0.4, -0.2) is 27.9 Å². The van der Waals surface area contributed by atoms with Crippen LogP contribution in [-0.2, 0) is 16.0 Å². The molecule has 0 radical (unpaired) electrons. The number of nitrogens with zero attached hydrogens (tertiary/aromatic N) is 2. The van der Waals surface area contributed by atoms with E-state index in [1.54, 1.807) is 10.9 Å². The van der Waals surface area contributed by atoms with Crippen molar-refractivity contribution in [2.75, 3.05) is 5.32 Å².